The van der Waals surface area contributed by atoms with Gasteiger partial charge >= 0.3 is 0 Å². The molecule has 1 fully saturated rings. The Bertz CT molecular complexity index is 1030. The Morgan fingerprint density at radius 2 is 1.65 bits per heavy atom. The van der Waals surface area contributed by atoms with Gasteiger partial charge in [-0.1, -0.05) is 60.7 Å². The molecule has 2 N–H and O–H groups in total. The van der Waals surface area contributed by atoms with Gasteiger partial charge in [0, 0.05) is 39.3 Å². The number of nitrogens with zero attached hydrogens (tertiary/aromatic N) is 1. The molecular formula is C28H33N3O3. The maximum absolute atomic E-state index is 12.9. The van der Waals surface area contributed by atoms with Gasteiger partial charge in [-0.25, -0.2) is 0 Å². The first-order valence-electron chi connectivity index (χ1n) is 11.8. The number of carbonyl (C=O) groups excluding carboxylic acids is 1. The number of hydrogen-bond donors (Lipinski definition) is 2. The topological polar surface area (TPSA) is 62.8 Å². The molecule has 3 aromatic rings. The second-order valence-electron chi connectivity index (χ2n) is 8.59. The van der Waals surface area contributed by atoms with Crippen LogP contribution in [-0.2, 0) is 22.6 Å². The Balaban J connectivity index is 1.36. The van der Waals surface area contributed by atoms with Gasteiger partial charge in [-0.05, 0) is 41.8 Å². The average Bonchev–Trinajstić information content (AvgIpc) is 3.27. The molecule has 6 nitrogen and oxygen atoms in total. The van der Waals surface area contributed by atoms with Gasteiger partial charge in [0.05, 0.1) is 12.6 Å². The van der Waals surface area contributed by atoms with Crippen LogP contribution in [0, 0.1) is 0 Å². The van der Waals surface area contributed by atoms with Crippen molar-refractivity contribution in [2.75, 3.05) is 26.8 Å². The predicted molar refractivity (Wildman–Crippen MR) is 134 cm³/mol. The fraction of sp³-hybridized carbons (Fsp3) is 0.321. The number of benzene rings is 3. The lowest BCUT2D eigenvalue weighted by atomic mass is 10.1. The minimum atomic E-state index is -0.165. The summed E-state index contributed by atoms with van der Waals surface area (Å²) in [6.07, 6.45) is 0.770. The Hall–Kier alpha value is -3.19. The van der Waals surface area contributed by atoms with Gasteiger partial charge in [-0.3, -0.25) is 9.69 Å². The molecule has 3 aromatic carbocycles. The van der Waals surface area contributed by atoms with E-state index in [2.05, 4.69) is 39.8 Å². The molecule has 178 valence electrons. The van der Waals surface area contributed by atoms with Crippen LogP contribution >= 0.6 is 0 Å². The van der Waals surface area contributed by atoms with Crippen molar-refractivity contribution in [2.45, 2.75) is 31.6 Å². The standard InChI is InChI=1S/C28H33N3O3/c1-33-16-15-29-28(32)27-18-24(21-31(27)20-22-9-4-2-5-10-22)30-19-23-11-8-14-26(17-23)34-25-12-6-3-7-13-25/h2-14,17,24,27,30H,15-16,18-21H2,1H3,(H,29,32)/t24-,27+/m1/s1. The van der Waals surface area contributed by atoms with E-state index < -0.39 is 0 Å². The summed E-state index contributed by atoms with van der Waals surface area (Å²) in [6.45, 7) is 3.32. The molecule has 1 saturated heterocycles. The molecule has 0 bridgehead atoms. The molecule has 0 spiro atoms. The van der Waals surface area contributed by atoms with Crippen LogP contribution in [0.25, 0.3) is 0 Å². The van der Waals surface area contributed by atoms with Gasteiger partial charge < -0.3 is 20.1 Å². The van der Waals surface area contributed by atoms with Crippen molar-refractivity contribution in [1.29, 1.82) is 0 Å². The first kappa shape index (κ1) is 24.0. The van der Waals surface area contributed by atoms with Gasteiger partial charge in [0.15, 0.2) is 0 Å². The maximum atomic E-state index is 12.9. The van der Waals surface area contributed by atoms with Crippen LogP contribution < -0.4 is 15.4 Å². The molecular weight excluding hydrogens is 426 g/mol. The monoisotopic (exact) mass is 459 g/mol. The number of para-hydroxylation sites is 1. The molecule has 0 radical (unpaired) electrons. The van der Waals surface area contributed by atoms with Crippen LogP contribution in [0.2, 0.25) is 0 Å². The van der Waals surface area contributed by atoms with Crippen molar-refractivity contribution in [2.24, 2.45) is 0 Å². The molecule has 2 atom stereocenters. The molecule has 6 heteroatoms. The highest BCUT2D eigenvalue weighted by Gasteiger charge is 2.36. The molecule has 1 heterocycles. The van der Waals surface area contributed by atoms with Crippen molar-refractivity contribution in [3.05, 3.63) is 96.1 Å². The van der Waals surface area contributed by atoms with Crippen LogP contribution in [-0.4, -0.2) is 49.7 Å². The minimum Gasteiger partial charge on any atom is -0.457 e. The molecule has 1 amide bonds. The number of nitrogens with one attached hydrogen (secondary N) is 2. The molecule has 0 aliphatic carbocycles. The van der Waals surface area contributed by atoms with Gasteiger partial charge in [-0.2, -0.15) is 0 Å². The zero-order valence-electron chi connectivity index (χ0n) is 19.7. The lowest BCUT2D eigenvalue weighted by Crippen LogP contribution is -2.43. The van der Waals surface area contributed by atoms with E-state index in [9.17, 15) is 4.79 Å². The molecule has 34 heavy (non-hydrogen) atoms. The van der Waals surface area contributed by atoms with E-state index in [1.807, 2.05) is 60.7 Å². The van der Waals surface area contributed by atoms with Crippen LogP contribution in [0.15, 0.2) is 84.9 Å². The van der Waals surface area contributed by atoms with Crippen molar-refractivity contribution in [3.63, 3.8) is 0 Å². The van der Waals surface area contributed by atoms with Gasteiger partial charge in [0.25, 0.3) is 0 Å². The Morgan fingerprint density at radius 3 is 2.41 bits per heavy atom. The second-order valence-corrected chi connectivity index (χ2v) is 8.59. The van der Waals surface area contributed by atoms with E-state index in [1.165, 1.54) is 5.56 Å². The van der Waals surface area contributed by atoms with Crippen LogP contribution in [0.1, 0.15) is 17.5 Å². The summed E-state index contributed by atoms with van der Waals surface area (Å²) < 4.78 is 11.1. The summed E-state index contributed by atoms with van der Waals surface area (Å²) >= 11 is 0. The van der Waals surface area contributed by atoms with E-state index in [-0.39, 0.29) is 18.0 Å². The molecule has 1 aliphatic rings. The zero-order valence-corrected chi connectivity index (χ0v) is 19.7. The first-order valence-corrected chi connectivity index (χ1v) is 11.8. The second kappa shape index (κ2) is 12.3. The van der Waals surface area contributed by atoms with Gasteiger partial charge in [0.2, 0.25) is 5.91 Å². The van der Waals surface area contributed by atoms with E-state index >= 15 is 0 Å². The molecule has 1 aliphatic heterocycles. The van der Waals surface area contributed by atoms with Crippen molar-refractivity contribution in [3.8, 4) is 11.5 Å². The van der Waals surface area contributed by atoms with Crippen LogP contribution in [0.3, 0.4) is 0 Å². The Kier molecular flexibility index (Phi) is 8.68. The van der Waals surface area contributed by atoms with Crippen molar-refractivity contribution < 1.29 is 14.3 Å². The number of amides is 1. The van der Waals surface area contributed by atoms with E-state index in [1.54, 1.807) is 7.11 Å². The number of methoxy groups -OCH3 is 1. The third-order valence-corrected chi connectivity index (χ3v) is 6.01. The van der Waals surface area contributed by atoms with Gasteiger partial charge in [-0.15, -0.1) is 0 Å². The van der Waals surface area contributed by atoms with Crippen LogP contribution in [0.5, 0.6) is 11.5 Å². The fourth-order valence-electron chi connectivity index (χ4n) is 4.32. The van der Waals surface area contributed by atoms with Crippen LogP contribution in [0.4, 0.5) is 0 Å². The molecule has 0 unspecified atom stereocenters. The number of carbonyl (C=O) groups is 1. The predicted octanol–water partition coefficient (Wildman–Crippen LogP) is 3.97. The summed E-state index contributed by atoms with van der Waals surface area (Å²) in [7, 11) is 1.64. The van der Waals surface area contributed by atoms with Crippen molar-refractivity contribution in [1.82, 2.24) is 15.5 Å². The smallest absolute Gasteiger partial charge is 0.237 e. The molecule has 0 saturated carbocycles. The van der Waals surface area contributed by atoms with E-state index in [0.717, 1.165) is 36.6 Å². The number of ether oxygens (including phenoxy) is 2. The molecule has 0 aromatic heterocycles. The maximum Gasteiger partial charge on any atom is 0.237 e. The quantitative estimate of drug-likeness (QED) is 0.425. The lowest BCUT2D eigenvalue weighted by molar-refractivity contribution is -0.125. The third kappa shape index (κ3) is 6.90. The highest BCUT2D eigenvalue weighted by atomic mass is 16.5. The van der Waals surface area contributed by atoms with E-state index in [4.69, 9.17) is 9.47 Å². The van der Waals surface area contributed by atoms with Crippen molar-refractivity contribution >= 4 is 5.91 Å². The first-order chi connectivity index (χ1) is 16.7. The third-order valence-electron chi connectivity index (χ3n) is 6.01. The summed E-state index contributed by atoms with van der Waals surface area (Å²) in [6, 6.07) is 28.3. The number of hydrogen-bond acceptors (Lipinski definition) is 5. The summed E-state index contributed by atoms with van der Waals surface area (Å²) in [4.78, 5) is 15.2. The summed E-state index contributed by atoms with van der Waals surface area (Å²) in [5.41, 5.74) is 2.36. The molecule has 4 rings (SSSR count). The van der Waals surface area contributed by atoms with Gasteiger partial charge in [0.1, 0.15) is 11.5 Å². The largest absolute Gasteiger partial charge is 0.457 e. The van der Waals surface area contributed by atoms with E-state index in [0.29, 0.717) is 19.7 Å². The fourth-order valence-corrected chi connectivity index (χ4v) is 4.32. The highest BCUT2D eigenvalue weighted by Crippen LogP contribution is 2.24. The minimum absolute atomic E-state index is 0.0653. The number of rotatable bonds is 11. The SMILES string of the molecule is COCCNC(=O)[C@@H]1C[C@@H](NCc2cccc(Oc3ccccc3)c2)CN1Cc1ccccc1. The summed E-state index contributed by atoms with van der Waals surface area (Å²) in [5.74, 6) is 1.70. The lowest BCUT2D eigenvalue weighted by Gasteiger charge is -2.23. The normalized spacial score (nSPS) is 18.0. The summed E-state index contributed by atoms with van der Waals surface area (Å²) in [5, 5.41) is 6.67. The highest BCUT2D eigenvalue weighted by molar-refractivity contribution is 5.82. The zero-order chi connectivity index (χ0) is 23.6. The average molecular weight is 460 g/mol. The Labute approximate surface area is 201 Å². The Morgan fingerprint density at radius 1 is 0.941 bits per heavy atom. The number of likely N-dealkylation sites (tertiary alicyclic amines) is 1.